The molecule has 2 aliphatic heterocycles. The fraction of sp³-hybridized carbons (Fsp3) is 0.684. The standard InChI is InChI=1S/C19H29N3O/c1-2-16-9-5-8-14-22(16)17-10-11-18(20-15-17)19(23)21-12-6-3-4-7-13-21/h10-11,15-16H,2-9,12-14H2,1H3. The van der Waals surface area contributed by atoms with E-state index in [4.69, 9.17) is 0 Å². The molecule has 1 unspecified atom stereocenters. The lowest BCUT2D eigenvalue weighted by Gasteiger charge is -2.37. The molecule has 3 heterocycles. The fourth-order valence-corrected chi connectivity index (χ4v) is 3.88. The Morgan fingerprint density at radius 1 is 1.09 bits per heavy atom. The molecule has 2 saturated heterocycles. The number of carbonyl (C=O) groups is 1. The summed E-state index contributed by atoms with van der Waals surface area (Å²) in [7, 11) is 0. The second-order valence-corrected chi connectivity index (χ2v) is 6.86. The summed E-state index contributed by atoms with van der Waals surface area (Å²) in [5.74, 6) is 0.101. The maximum Gasteiger partial charge on any atom is 0.272 e. The third-order valence-electron chi connectivity index (χ3n) is 5.29. The SMILES string of the molecule is CCC1CCCCN1c1ccc(C(=O)N2CCCCCC2)nc1. The third-order valence-corrected chi connectivity index (χ3v) is 5.29. The molecule has 0 spiro atoms. The monoisotopic (exact) mass is 315 g/mol. The number of anilines is 1. The van der Waals surface area contributed by atoms with Crippen molar-refractivity contribution in [3.05, 3.63) is 24.0 Å². The van der Waals surface area contributed by atoms with Crippen molar-refractivity contribution in [2.45, 2.75) is 64.3 Å². The van der Waals surface area contributed by atoms with Crippen LogP contribution in [0, 0.1) is 0 Å². The van der Waals surface area contributed by atoms with Crippen LogP contribution in [-0.4, -0.2) is 41.5 Å². The van der Waals surface area contributed by atoms with E-state index < -0.39 is 0 Å². The minimum absolute atomic E-state index is 0.101. The first-order chi connectivity index (χ1) is 11.3. The molecule has 23 heavy (non-hydrogen) atoms. The van der Waals surface area contributed by atoms with Gasteiger partial charge in [-0.25, -0.2) is 4.98 Å². The number of carbonyl (C=O) groups excluding carboxylic acids is 1. The van der Waals surface area contributed by atoms with Gasteiger partial charge in [0.05, 0.1) is 11.9 Å². The van der Waals surface area contributed by atoms with Gasteiger partial charge in [-0.3, -0.25) is 4.79 Å². The molecule has 3 rings (SSSR count). The summed E-state index contributed by atoms with van der Waals surface area (Å²) in [6.07, 6.45) is 11.6. The van der Waals surface area contributed by atoms with E-state index in [0.29, 0.717) is 11.7 Å². The van der Waals surface area contributed by atoms with Gasteiger partial charge in [-0.15, -0.1) is 0 Å². The van der Waals surface area contributed by atoms with Gasteiger partial charge in [-0.2, -0.15) is 0 Å². The lowest BCUT2D eigenvalue weighted by molar-refractivity contribution is 0.0756. The van der Waals surface area contributed by atoms with Crippen LogP contribution < -0.4 is 4.90 Å². The van der Waals surface area contributed by atoms with Crippen LogP contribution in [0.25, 0.3) is 0 Å². The van der Waals surface area contributed by atoms with E-state index in [9.17, 15) is 4.79 Å². The minimum Gasteiger partial charge on any atom is -0.367 e. The number of nitrogens with zero attached hydrogens (tertiary/aromatic N) is 3. The molecular formula is C19H29N3O. The maximum atomic E-state index is 12.6. The zero-order valence-electron chi connectivity index (χ0n) is 14.3. The van der Waals surface area contributed by atoms with Crippen molar-refractivity contribution in [2.24, 2.45) is 0 Å². The van der Waals surface area contributed by atoms with Gasteiger partial charge in [0.1, 0.15) is 5.69 Å². The van der Waals surface area contributed by atoms with E-state index in [1.54, 1.807) is 0 Å². The Morgan fingerprint density at radius 3 is 2.48 bits per heavy atom. The normalized spacial score (nSPS) is 22.7. The highest BCUT2D eigenvalue weighted by Gasteiger charge is 2.22. The van der Waals surface area contributed by atoms with Gasteiger partial charge < -0.3 is 9.80 Å². The lowest BCUT2D eigenvalue weighted by Crippen LogP contribution is -2.39. The summed E-state index contributed by atoms with van der Waals surface area (Å²) in [6.45, 7) is 5.13. The van der Waals surface area contributed by atoms with Crippen LogP contribution in [0.1, 0.15) is 68.8 Å². The van der Waals surface area contributed by atoms with Gasteiger partial charge in [0.25, 0.3) is 5.91 Å². The minimum atomic E-state index is 0.101. The second-order valence-electron chi connectivity index (χ2n) is 6.86. The molecule has 0 aliphatic carbocycles. The van der Waals surface area contributed by atoms with Crippen LogP contribution in [0.15, 0.2) is 18.3 Å². The Labute approximate surface area is 139 Å². The van der Waals surface area contributed by atoms with Crippen molar-refractivity contribution in [3.8, 4) is 0 Å². The molecule has 1 atom stereocenters. The number of likely N-dealkylation sites (tertiary alicyclic amines) is 1. The van der Waals surface area contributed by atoms with Crippen LogP contribution >= 0.6 is 0 Å². The largest absolute Gasteiger partial charge is 0.367 e. The molecule has 4 heteroatoms. The molecule has 1 amide bonds. The molecular weight excluding hydrogens is 286 g/mol. The zero-order valence-corrected chi connectivity index (χ0v) is 14.3. The Morgan fingerprint density at radius 2 is 1.83 bits per heavy atom. The lowest BCUT2D eigenvalue weighted by atomic mass is 9.99. The number of piperidine rings is 1. The fourth-order valence-electron chi connectivity index (χ4n) is 3.88. The molecule has 0 aromatic carbocycles. The summed E-state index contributed by atoms with van der Waals surface area (Å²) in [6, 6.07) is 4.63. The first-order valence-electron chi connectivity index (χ1n) is 9.31. The van der Waals surface area contributed by atoms with E-state index in [0.717, 1.165) is 32.5 Å². The molecule has 2 aliphatic rings. The topological polar surface area (TPSA) is 36.4 Å². The predicted molar refractivity (Wildman–Crippen MR) is 93.9 cm³/mol. The highest BCUT2D eigenvalue weighted by molar-refractivity contribution is 5.92. The number of aromatic nitrogens is 1. The molecule has 0 radical (unpaired) electrons. The Balaban J connectivity index is 1.69. The van der Waals surface area contributed by atoms with Gasteiger partial charge in [0.2, 0.25) is 0 Å². The van der Waals surface area contributed by atoms with Gasteiger partial charge in [-0.1, -0.05) is 19.8 Å². The molecule has 0 bridgehead atoms. The van der Waals surface area contributed by atoms with Gasteiger partial charge in [-0.05, 0) is 50.7 Å². The molecule has 4 nitrogen and oxygen atoms in total. The number of hydrogen-bond donors (Lipinski definition) is 0. The Bertz CT molecular complexity index is 506. The van der Waals surface area contributed by atoms with E-state index in [1.165, 1.54) is 44.2 Å². The van der Waals surface area contributed by atoms with Crippen molar-refractivity contribution in [2.75, 3.05) is 24.5 Å². The van der Waals surface area contributed by atoms with E-state index in [2.05, 4.69) is 22.9 Å². The van der Waals surface area contributed by atoms with Crippen LogP contribution in [0.4, 0.5) is 5.69 Å². The van der Waals surface area contributed by atoms with Crippen LogP contribution in [0.2, 0.25) is 0 Å². The van der Waals surface area contributed by atoms with E-state index in [1.807, 2.05) is 17.2 Å². The average Bonchev–Trinajstić information content (AvgIpc) is 2.90. The summed E-state index contributed by atoms with van der Waals surface area (Å²) >= 11 is 0. The van der Waals surface area contributed by atoms with Gasteiger partial charge in [0.15, 0.2) is 0 Å². The van der Waals surface area contributed by atoms with Crippen molar-refractivity contribution in [3.63, 3.8) is 0 Å². The quantitative estimate of drug-likeness (QED) is 0.849. The number of rotatable bonds is 3. The molecule has 2 fully saturated rings. The highest BCUT2D eigenvalue weighted by Crippen LogP contribution is 2.26. The van der Waals surface area contributed by atoms with Gasteiger partial charge >= 0.3 is 0 Å². The summed E-state index contributed by atoms with van der Waals surface area (Å²) in [4.78, 5) is 21.6. The average molecular weight is 315 g/mol. The Kier molecular flexibility index (Phi) is 5.52. The number of pyridine rings is 1. The molecule has 0 N–H and O–H groups in total. The van der Waals surface area contributed by atoms with Crippen LogP contribution in [0.3, 0.4) is 0 Å². The third kappa shape index (κ3) is 3.85. The maximum absolute atomic E-state index is 12.6. The second kappa shape index (κ2) is 7.80. The molecule has 0 saturated carbocycles. The summed E-state index contributed by atoms with van der Waals surface area (Å²) in [5, 5.41) is 0. The number of hydrogen-bond acceptors (Lipinski definition) is 3. The predicted octanol–water partition coefficient (Wildman–Crippen LogP) is 3.87. The first-order valence-corrected chi connectivity index (χ1v) is 9.31. The smallest absolute Gasteiger partial charge is 0.272 e. The number of amides is 1. The molecule has 1 aromatic rings. The van der Waals surface area contributed by atoms with E-state index in [-0.39, 0.29) is 5.91 Å². The van der Waals surface area contributed by atoms with Crippen LogP contribution in [-0.2, 0) is 0 Å². The van der Waals surface area contributed by atoms with Crippen molar-refractivity contribution in [1.29, 1.82) is 0 Å². The Hall–Kier alpha value is -1.58. The van der Waals surface area contributed by atoms with Crippen molar-refractivity contribution >= 4 is 11.6 Å². The van der Waals surface area contributed by atoms with Crippen molar-refractivity contribution in [1.82, 2.24) is 9.88 Å². The highest BCUT2D eigenvalue weighted by atomic mass is 16.2. The summed E-state index contributed by atoms with van der Waals surface area (Å²) < 4.78 is 0. The molecule has 1 aromatic heterocycles. The first kappa shape index (κ1) is 16.3. The molecule has 126 valence electrons. The zero-order chi connectivity index (χ0) is 16.1. The van der Waals surface area contributed by atoms with E-state index >= 15 is 0 Å². The summed E-state index contributed by atoms with van der Waals surface area (Å²) in [5.41, 5.74) is 1.77. The van der Waals surface area contributed by atoms with Gasteiger partial charge in [0, 0.05) is 25.7 Å². The van der Waals surface area contributed by atoms with Crippen LogP contribution in [0.5, 0.6) is 0 Å². The van der Waals surface area contributed by atoms with Crippen molar-refractivity contribution < 1.29 is 4.79 Å².